The second-order valence-electron chi connectivity index (χ2n) is 7.78. The van der Waals surface area contributed by atoms with E-state index in [1.54, 1.807) is 17.2 Å². The van der Waals surface area contributed by atoms with Crippen LogP contribution >= 0.6 is 0 Å². The van der Waals surface area contributed by atoms with Gasteiger partial charge in [-0.15, -0.1) is 0 Å². The van der Waals surface area contributed by atoms with Crippen molar-refractivity contribution in [2.24, 2.45) is 12.0 Å². The number of benzene rings is 1. The van der Waals surface area contributed by atoms with E-state index in [1.165, 1.54) is 24.8 Å². The number of hydrogen-bond acceptors (Lipinski definition) is 5. The van der Waals surface area contributed by atoms with Crippen molar-refractivity contribution in [1.29, 1.82) is 0 Å². The number of guanidine groups is 1. The maximum Gasteiger partial charge on any atom is 0.191 e. The minimum Gasteiger partial charge on any atom is -0.368 e. The molecule has 3 aromatic rings. The van der Waals surface area contributed by atoms with Crippen LogP contribution in [0.3, 0.4) is 0 Å². The molecule has 0 amide bonds. The highest BCUT2D eigenvalue weighted by Gasteiger charge is 2.38. The molecule has 1 aliphatic rings. The monoisotopic (exact) mass is 406 g/mol. The van der Waals surface area contributed by atoms with Gasteiger partial charge >= 0.3 is 0 Å². The molecule has 0 bridgehead atoms. The Morgan fingerprint density at radius 3 is 2.70 bits per heavy atom. The minimum absolute atomic E-state index is 0.189. The average Bonchev–Trinajstić information content (AvgIpc) is 3.13. The van der Waals surface area contributed by atoms with E-state index in [1.807, 2.05) is 7.05 Å². The maximum absolute atomic E-state index is 4.91. The lowest BCUT2D eigenvalue weighted by atomic mass is 9.64. The molecule has 1 fully saturated rings. The summed E-state index contributed by atoms with van der Waals surface area (Å²) >= 11 is 0. The molecule has 2 aromatic heterocycles. The van der Waals surface area contributed by atoms with Crippen LogP contribution in [0.5, 0.6) is 0 Å². The normalized spacial score (nSPS) is 15.6. The predicted molar refractivity (Wildman–Crippen MR) is 121 cm³/mol. The molecule has 0 saturated heterocycles. The van der Waals surface area contributed by atoms with Gasteiger partial charge in [-0.1, -0.05) is 36.8 Å². The third kappa shape index (κ3) is 4.22. The lowest BCUT2D eigenvalue weighted by Crippen LogP contribution is -2.42. The zero-order valence-corrected chi connectivity index (χ0v) is 17.7. The fourth-order valence-electron chi connectivity index (χ4n) is 3.97. The molecule has 1 aliphatic carbocycles. The van der Waals surface area contributed by atoms with E-state index in [-0.39, 0.29) is 5.41 Å². The Bertz CT molecular complexity index is 991. The molecule has 158 valence electrons. The van der Waals surface area contributed by atoms with Gasteiger partial charge in [-0.3, -0.25) is 9.67 Å². The van der Waals surface area contributed by atoms with Crippen LogP contribution in [-0.2, 0) is 12.5 Å². The third-order valence-corrected chi connectivity index (χ3v) is 5.82. The highest BCUT2D eigenvalue weighted by Crippen LogP contribution is 2.43. The standard InChI is InChI=1S/C22H30N8/c1-3-23-21(26-15-22(10-7-11-22)17-8-5-4-6-9-17)25-13-12-24-19-18-14-29-30(2)20(18)28-16-27-19/h4-6,8-9,14,16H,3,7,10-13,15H2,1-2H3,(H2,23,25,26)(H,24,27,28). The summed E-state index contributed by atoms with van der Waals surface area (Å²) in [4.78, 5) is 13.5. The fourth-order valence-corrected chi connectivity index (χ4v) is 3.97. The smallest absolute Gasteiger partial charge is 0.191 e. The number of fused-ring (bicyclic) bond motifs is 1. The number of nitrogens with one attached hydrogen (secondary N) is 3. The Morgan fingerprint density at radius 1 is 1.13 bits per heavy atom. The van der Waals surface area contributed by atoms with Gasteiger partial charge in [-0.2, -0.15) is 5.10 Å². The van der Waals surface area contributed by atoms with Crippen LogP contribution in [0.1, 0.15) is 31.7 Å². The summed E-state index contributed by atoms with van der Waals surface area (Å²) in [5, 5.41) is 15.3. The first-order chi connectivity index (χ1) is 14.7. The molecule has 8 heteroatoms. The van der Waals surface area contributed by atoms with Gasteiger partial charge in [0.2, 0.25) is 0 Å². The highest BCUT2D eigenvalue weighted by molar-refractivity contribution is 5.86. The van der Waals surface area contributed by atoms with Crippen LogP contribution in [0.2, 0.25) is 0 Å². The summed E-state index contributed by atoms with van der Waals surface area (Å²) in [6.07, 6.45) is 7.04. The summed E-state index contributed by atoms with van der Waals surface area (Å²) in [5.41, 5.74) is 2.41. The molecule has 0 unspecified atom stereocenters. The van der Waals surface area contributed by atoms with Gasteiger partial charge in [0.25, 0.3) is 0 Å². The molecular formula is C22H30N8. The number of nitrogens with zero attached hydrogens (tertiary/aromatic N) is 5. The lowest BCUT2D eigenvalue weighted by molar-refractivity contribution is 0.253. The molecule has 4 rings (SSSR count). The number of aromatic nitrogens is 4. The van der Waals surface area contributed by atoms with Crippen LogP contribution < -0.4 is 16.0 Å². The van der Waals surface area contributed by atoms with Crippen molar-refractivity contribution in [3.63, 3.8) is 0 Å². The molecule has 8 nitrogen and oxygen atoms in total. The first-order valence-electron chi connectivity index (χ1n) is 10.7. The van der Waals surface area contributed by atoms with Crippen molar-refractivity contribution in [2.45, 2.75) is 31.6 Å². The molecule has 3 N–H and O–H groups in total. The number of hydrogen-bond donors (Lipinski definition) is 3. The predicted octanol–water partition coefficient (Wildman–Crippen LogP) is 2.45. The molecule has 0 radical (unpaired) electrons. The van der Waals surface area contributed by atoms with Gasteiger partial charge in [0, 0.05) is 32.1 Å². The van der Waals surface area contributed by atoms with E-state index < -0.39 is 0 Å². The van der Waals surface area contributed by atoms with Gasteiger partial charge in [-0.05, 0) is 25.3 Å². The summed E-state index contributed by atoms with van der Waals surface area (Å²) in [7, 11) is 1.88. The molecule has 30 heavy (non-hydrogen) atoms. The van der Waals surface area contributed by atoms with Crippen LogP contribution in [0.15, 0.2) is 47.8 Å². The second kappa shape index (κ2) is 9.11. The van der Waals surface area contributed by atoms with E-state index in [0.29, 0.717) is 0 Å². The number of anilines is 1. The van der Waals surface area contributed by atoms with E-state index in [4.69, 9.17) is 4.99 Å². The maximum atomic E-state index is 4.91. The fraction of sp³-hybridized carbons (Fsp3) is 0.455. The Labute approximate surface area is 177 Å². The second-order valence-corrected chi connectivity index (χ2v) is 7.78. The Morgan fingerprint density at radius 2 is 1.97 bits per heavy atom. The summed E-state index contributed by atoms with van der Waals surface area (Å²) in [5.74, 6) is 1.66. The van der Waals surface area contributed by atoms with Crippen molar-refractivity contribution in [1.82, 2.24) is 30.4 Å². The van der Waals surface area contributed by atoms with Gasteiger partial charge in [0.1, 0.15) is 12.1 Å². The first kappa shape index (κ1) is 20.1. The molecule has 0 aliphatic heterocycles. The van der Waals surface area contributed by atoms with E-state index in [9.17, 15) is 0 Å². The largest absolute Gasteiger partial charge is 0.368 e. The van der Waals surface area contributed by atoms with Crippen LogP contribution in [0, 0.1) is 0 Å². The van der Waals surface area contributed by atoms with E-state index in [2.05, 4.69) is 68.3 Å². The van der Waals surface area contributed by atoms with Gasteiger partial charge in [0.05, 0.1) is 18.1 Å². The van der Waals surface area contributed by atoms with Crippen molar-refractivity contribution < 1.29 is 0 Å². The van der Waals surface area contributed by atoms with E-state index in [0.717, 1.165) is 49.0 Å². The van der Waals surface area contributed by atoms with Gasteiger partial charge in [0.15, 0.2) is 11.6 Å². The summed E-state index contributed by atoms with van der Waals surface area (Å²) < 4.78 is 1.75. The number of rotatable bonds is 8. The molecule has 0 atom stereocenters. The number of aryl methyl sites for hydroxylation is 1. The Kier molecular flexibility index (Phi) is 6.11. The van der Waals surface area contributed by atoms with Crippen LogP contribution in [0.4, 0.5) is 5.82 Å². The van der Waals surface area contributed by atoms with Crippen LogP contribution in [-0.4, -0.2) is 51.9 Å². The zero-order valence-electron chi connectivity index (χ0n) is 17.7. The molecule has 0 spiro atoms. The van der Waals surface area contributed by atoms with Crippen molar-refractivity contribution >= 4 is 22.8 Å². The average molecular weight is 407 g/mol. The number of aliphatic imine (C=N–C) groups is 1. The van der Waals surface area contributed by atoms with Crippen molar-refractivity contribution in [2.75, 3.05) is 31.5 Å². The molecule has 2 heterocycles. The van der Waals surface area contributed by atoms with Gasteiger partial charge < -0.3 is 16.0 Å². The topological polar surface area (TPSA) is 92.1 Å². The van der Waals surface area contributed by atoms with Crippen LogP contribution in [0.25, 0.3) is 11.0 Å². The quantitative estimate of drug-likeness (QED) is 0.302. The van der Waals surface area contributed by atoms with Gasteiger partial charge in [-0.25, -0.2) is 9.97 Å². The van der Waals surface area contributed by atoms with E-state index >= 15 is 0 Å². The molecular weight excluding hydrogens is 376 g/mol. The van der Waals surface area contributed by atoms with Crippen molar-refractivity contribution in [3.8, 4) is 0 Å². The minimum atomic E-state index is 0.189. The molecule has 1 saturated carbocycles. The summed E-state index contributed by atoms with van der Waals surface area (Å²) in [6.45, 7) is 5.18. The Hall–Kier alpha value is -3.16. The zero-order chi connectivity index (χ0) is 20.8. The molecule has 1 aromatic carbocycles. The summed E-state index contributed by atoms with van der Waals surface area (Å²) in [6, 6.07) is 10.8. The highest BCUT2D eigenvalue weighted by atomic mass is 15.3. The first-order valence-corrected chi connectivity index (χ1v) is 10.7. The van der Waals surface area contributed by atoms with Crippen molar-refractivity contribution in [3.05, 3.63) is 48.4 Å². The SMILES string of the molecule is CCNC(=NCC1(c2ccccc2)CCC1)NCCNc1ncnc2c1cnn2C. The third-order valence-electron chi connectivity index (χ3n) is 5.82. The Balaban J connectivity index is 1.34. The lowest BCUT2D eigenvalue weighted by Gasteiger charge is -2.41.